The largest absolute Gasteiger partial charge is 0.350 e. The number of nitrogens with one attached hydrogen (secondary N) is 2. The lowest BCUT2D eigenvalue weighted by atomic mass is 10.2. The Hall–Kier alpha value is -3.49. The van der Waals surface area contributed by atoms with Crippen molar-refractivity contribution in [2.24, 2.45) is 0 Å². The summed E-state index contributed by atoms with van der Waals surface area (Å²) in [5.74, 6) is 1.19. The molecule has 1 amide bonds. The van der Waals surface area contributed by atoms with Crippen LogP contribution in [0.25, 0.3) is 0 Å². The van der Waals surface area contributed by atoms with E-state index in [-0.39, 0.29) is 11.9 Å². The quantitative estimate of drug-likeness (QED) is 0.686. The molecule has 0 saturated carbocycles. The Morgan fingerprint density at radius 1 is 1.24 bits per heavy atom. The Labute approximate surface area is 169 Å². The molecular formula is C20H24N8O. The zero-order chi connectivity index (χ0) is 20.5. The predicted octanol–water partition coefficient (Wildman–Crippen LogP) is 2.12. The average molecular weight is 392 g/mol. The lowest BCUT2D eigenvalue weighted by Crippen LogP contribution is -2.44. The standard InChI is InChI=1S/C20H24N8O/c1-12-7-15(5-6-21-12)10-28-11-16(9-23-28)8-22-20-24-13(2)17-18(26-20)27(4)14(3)19(29)25-17/h5-7,9,11,14H,8,10H2,1-4H3,(H,25,29)(H,22,24,26)/t14-/m0/s1. The van der Waals surface area contributed by atoms with Gasteiger partial charge >= 0.3 is 0 Å². The number of nitrogens with zero attached hydrogens (tertiary/aromatic N) is 6. The molecule has 9 heteroatoms. The average Bonchev–Trinajstić information content (AvgIpc) is 3.13. The minimum atomic E-state index is -0.278. The van der Waals surface area contributed by atoms with E-state index >= 15 is 0 Å². The summed E-state index contributed by atoms with van der Waals surface area (Å²) < 4.78 is 1.90. The van der Waals surface area contributed by atoms with Crippen LogP contribution in [0.2, 0.25) is 0 Å². The maximum absolute atomic E-state index is 12.0. The van der Waals surface area contributed by atoms with Crippen LogP contribution in [0.3, 0.4) is 0 Å². The molecule has 0 spiro atoms. The van der Waals surface area contributed by atoms with Crippen molar-refractivity contribution in [3.63, 3.8) is 0 Å². The number of anilines is 3. The fraction of sp³-hybridized carbons (Fsp3) is 0.350. The summed E-state index contributed by atoms with van der Waals surface area (Å²) in [5.41, 5.74) is 4.58. The van der Waals surface area contributed by atoms with Crippen LogP contribution in [0.5, 0.6) is 0 Å². The van der Waals surface area contributed by atoms with Gasteiger partial charge in [-0.3, -0.25) is 14.5 Å². The number of hydrogen-bond donors (Lipinski definition) is 2. The highest BCUT2D eigenvalue weighted by atomic mass is 16.2. The third kappa shape index (κ3) is 3.89. The molecule has 0 fully saturated rings. The van der Waals surface area contributed by atoms with Gasteiger partial charge in [0.05, 0.1) is 18.4 Å². The minimum absolute atomic E-state index is 0.0517. The van der Waals surface area contributed by atoms with Crippen LogP contribution in [0.1, 0.15) is 29.4 Å². The number of aryl methyl sites for hydroxylation is 2. The number of pyridine rings is 1. The van der Waals surface area contributed by atoms with Crippen molar-refractivity contribution in [2.75, 3.05) is 22.6 Å². The molecule has 1 aliphatic heterocycles. The van der Waals surface area contributed by atoms with E-state index in [0.717, 1.165) is 28.3 Å². The number of aromatic nitrogens is 5. The summed E-state index contributed by atoms with van der Waals surface area (Å²) in [6.07, 6.45) is 5.65. The van der Waals surface area contributed by atoms with E-state index in [4.69, 9.17) is 0 Å². The van der Waals surface area contributed by atoms with E-state index in [1.54, 1.807) is 0 Å². The van der Waals surface area contributed by atoms with Crippen LogP contribution < -0.4 is 15.5 Å². The molecule has 3 aromatic heterocycles. The topological polar surface area (TPSA) is 101 Å². The molecule has 0 unspecified atom stereocenters. The van der Waals surface area contributed by atoms with Crippen LogP contribution in [0.4, 0.5) is 17.5 Å². The molecule has 2 N–H and O–H groups in total. The van der Waals surface area contributed by atoms with E-state index in [1.807, 2.05) is 62.1 Å². The molecular weight excluding hydrogens is 368 g/mol. The van der Waals surface area contributed by atoms with Gasteiger partial charge in [-0.25, -0.2) is 4.98 Å². The first kappa shape index (κ1) is 18.9. The van der Waals surface area contributed by atoms with Gasteiger partial charge in [-0.1, -0.05) is 0 Å². The van der Waals surface area contributed by atoms with Crippen LogP contribution in [-0.2, 0) is 17.9 Å². The van der Waals surface area contributed by atoms with Crippen LogP contribution in [0.15, 0.2) is 30.7 Å². The fourth-order valence-corrected chi connectivity index (χ4v) is 3.28. The second-order valence-electron chi connectivity index (χ2n) is 7.31. The highest BCUT2D eigenvalue weighted by molar-refractivity contribution is 6.03. The fourth-order valence-electron chi connectivity index (χ4n) is 3.28. The molecule has 0 radical (unpaired) electrons. The lowest BCUT2D eigenvalue weighted by molar-refractivity contribution is -0.117. The molecule has 150 valence electrons. The van der Waals surface area contributed by atoms with Crippen LogP contribution >= 0.6 is 0 Å². The first-order chi connectivity index (χ1) is 13.9. The van der Waals surface area contributed by atoms with E-state index in [1.165, 1.54) is 0 Å². The van der Waals surface area contributed by atoms with E-state index in [0.29, 0.717) is 24.7 Å². The number of fused-ring (bicyclic) bond motifs is 1. The summed E-state index contributed by atoms with van der Waals surface area (Å²) in [6, 6.07) is 3.77. The maximum Gasteiger partial charge on any atom is 0.246 e. The third-order valence-electron chi connectivity index (χ3n) is 5.06. The molecule has 0 bridgehead atoms. The molecule has 9 nitrogen and oxygen atoms in total. The summed E-state index contributed by atoms with van der Waals surface area (Å²) in [5, 5.41) is 10.6. The number of carbonyl (C=O) groups excluding carboxylic acids is 1. The van der Waals surface area contributed by atoms with Gasteiger partial charge in [0.2, 0.25) is 11.9 Å². The van der Waals surface area contributed by atoms with Gasteiger partial charge in [0, 0.05) is 37.2 Å². The lowest BCUT2D eigenvalue weighted by Gasteiger charge is -2.32. The number of likely N-dealkylation sites (N-methyl/N-ethyl adjacent to an activating group) is 1. The molecule has 0 aliphatic carbocycles. The SMILES string of the molecule is Cc1cc(Cn2cc(CNc3nc(C)c4c(n3)N(C)[C@@H](C)C(=O)N4)cn2)ccn1. The Bertz CT molecular complexity index is 1060. The Morgan fingerprint density at radius 2 is 2.07 bits per heavy atom. The number of rotatable bonds is 5. The van der Waals surface area contributed by atoms with Gasteiger partial charge in [0.25, 0.3) is 0 Å². The van der Waals surface area contributed by atoms with Crippen molar-refractivity contribution in [1.29, 1.82) is 0 Å². The Kier molecular flexibility index (Phi) is 4.87. The normalized spacial score (nSPS) is 15.8. The van der Waals surface area contributed by atoms with Crippen molar-refractivity contribution < 1.29 is 4.79 Å². The highest BCUT2D eigenvalue weighted by Gasteiger charge is 2.30. The van der Waals surface area contributed by atoms with Crippen LogP contribution in [-0.4, -0.2) is 43.7 Å². The highest BCUT2D eigenvalue weighted by Crippen LogP contribution is 2.32. The van der Waals surface area contributed by atoms with E-state index in [2.05, 4.69) is 36.8 Å². The van der Waals surface area contributed by atoms with Gasteiger partial charge in [0.1, 0.15) is 11.7 Å². The maximum atomic E-state index is 12.0. The summed E-state index contributed by atoms with van der Waals surface area (Å²) >= 11 is 0. The zero-order valence-electron chi connectivity index (χ0n) is 17.0. The van der Waals surface area contributed by atoms with Crippen molar-refractivity contribution in [3.8, 4) is 0 Å². The third-order valence-corrected chi connectivity index (χ3v) is 5.06. The molecule has 0 aromatic carbocycles. The van der Waals surface area contributed by atoms with E-state index < -0.39 is 0 Å². The van der Waals surface area contributed by atoms with Gasteiger partial charge in [0.15, 0.2) is 5.82 Å². The van der Waals surface area contributed by atoms with Crippen molar-refractivity contribution >= 4 is 23.4 Å². The molecule has 1 atom stereocenters. The number of carbonyl (C=O) groups is 1. The molecule has 4 rings (SSSR count). The molecule has 4 heterocycles. The summed E-state index contributed by atoms with van der Waals surface area (Å²) in [6.45, 7) is 6.94. The van der Waals surface area contributed by atoms with Crippen molar-refractivity contribution in [2.45, 2.75) is 39.9 Å². The van der Waals surface area contributed by atoms with Gasteiger partial charge < -0.3 is 15.5 Å². The minimum Gasteiger partial charge on any atom is -0.350 e. The second kappa shape index (κ2) is 7.50. The summed E-state index contributed by atoms with van der Waals surface area (Å²) in [7, 11) is 1.86. The van der Waals surface area contributed by atoms with Gasteiger partial charge in [-0.15, -0.1) is 0 Å². The summed E-state index contributed by atoms with van der Waals surface area (Å²) in [4.78, 5) is 27.2. The first-order valence-corrected chi connectivity index (χ1v) is 9.50. The Morgan fingerprint density at radius 3 is 2.86 bits per heavy atom. The molecule has 29 heavy (non-hydrogen) atoms. The van der Waals surface area contributed by atoms with Gasteiger partial charge in [-0.2, -0.15) is 10.1 Å². The van der Waals surface area contributed by atoms with Gasteiger partial charge in [-0.05, 0) is 38.5 Å². The number of amides is 1. The monoisotopic (exact) mass is 392 g/mol. The zero-order valence-corrected chi connectivity index (χ0v) is 17.0. The second-order valence-corrected chi connectivity index (χ2v) is 7.31. The predicted molar refractivity (Wildman–Crippen MR) is 111 cm³/mol. The number of hydrogen-bond acceptors (Lipinski definition) is 7. The van der Waals surface area contributed by atoms with Crippen LogP contribution in [0, 0.1) is 13.8 Å². The molecule has 0 saturated heterocycles. The Balaban J connectivity index is 1.45. The molecule has 3 aromatic rings. The van der Waals surface area contributed by atoms with Crippen molar-refractivity contribution in [3.05, 3.63) is 53.2 Å². The molecule has 1 aliphatic rings. The smallest absolute Gasteiger partial charge is 0.246 e. The van der Waals surface area contributed by atoms with E-state index in [9.17, 15) is 4.79 Å². The first-order valence-electron chi connectivity index (χ1n) is 9.50. The van der Waals surface area contributed by atoms with Crippen molar-refractivity contribution in [1.82, 2.24) is 24.7 Å².